The molecule has 4 aliphatic rings. The van der Waals surface area contributed by atoms with Gasteiger partial charge in [-0.1, -0.05) is 184 Å². The van der Waals surface area contributed by atoms with Crippen molar-refractivity contribution < 1.29 is 4.42 Å². The Hall–Kier alpha value is -10.3. The Balaban J connectivity index is 0.922. The smallest absolute Gasteiger partial charge is 0.238 e. The minimum Gasteiger partial charge on any atom is -0.453 e. The van der Waals surface area contributed by atoms with E-state index in [9.17, 15) is 0 Å². The van der Waals surface area contributed by atoms with Crippen LogP contribution in [0.5, 0.6) is 0 Å². The lowest BCUT2D eigenvalue weighted by Crippen LogP contribution is -2.32. The predicted molar refractivity (Wildman–Crippen MR) is 317 cm³/mol. The predicted octanol–water partition coefficient (Wildman–Crippen LogP) is 17.1. The quantitative estimate of drug-likeness (QED) is 0.174. The minimum atomic E-state index is -0.701. The van der Waals surface area contributed by atoms with E-state index in [1.807, 2.05) is 48.8 Å². The first-order chi connectivity index (χ1) is 38.9. The fourth-order valence-corrected chi connectivity index (χ4v) is 14.3. The van der Waals surface area contributed by atoms with Gasteiger partial charge < -0.3 is 9.32 Å². The molecule has 368 valence electrons. The summed E-state index contributed by atoms with van der Waals surface area (Å²) >= 11 is 0. The molecule has 0 unspecified atom stereocenters. The molecule has 0 amide bonds. The summed E-state index contributed by atoms with van der Waals surface area (Å²) in [4.78, 5) is 28.3. The maximum atomic E-state index is 7.74. The molecular weight excluding hydrogens is 967 g/mol. The van der Waals surface area contributed by atoms with Gasteiger partial charge in [0.2, 0.25) is 5.95 Å². The van der Waals surface area contributed by atoms with Gasteiger partial charge in [-0.25, -0.2) is 4.98 Å². The lowest BCUT2D eigenvalue weighted by Gasteiger charge is -2.42. The van der Waals surface area contributed by atoms with Crippen LogP contribution in [0, 0.1) is 0 Å². The number of fused-ring (bicyclic) bond motifs is 18. The first-order valence-corrected chi connectivity index (χ1v) is 27.0. The van der Waals surface area contributed by atoms with Gasteiger partial charge in [-0.05, 0) is 103 Å². The van der Waals surface area contributed by atoms with E-state index in [-0.39, 0.29) is 5.41 Å². The van der Waals surface area contributed by atoms with Crippen molar-refractivity contribution in [1.82, 2.24) is 29.5 Å². The second-order valence-electron chi connectivity index (χ2n) is 21.9. The van der Waals surface area contributed by atoms with Crippen LogP contribution in [-0.4, -0.2) is 29.5 Å². The Morgan fingerprint density at radius 2 is 1.04 bits per heavy atom. The third-order valence-electron chi connectivity index (χ3n) is 17.7. The summed E-state index contributed by atoms with van der Waals surface area (Å²) < 4.78 is 9.97. The molecule has 5 aromatic heterocycles. The molecule has 18 rings (SSSR count). The third kappa shape index (κ3) is 5.44. The highest BCUT2D eigenvalue weighted by Gasteiger charge is 2.52. The Morgan fingerprint density at radius 1 is 0.418 bits per heavy atom. The zero-order valence-corrected chi connectivity index (χ0v) is 42.9. The SMILES string of the molecule is CC1(C)c2ccccc2N(c2cccc3c2oc2c4c(ccc23)C2(c3cccnc3-c3ncccc32)c2ccc3c5c(ccc-4c25)C=C3)c2cc3c(cc21)c1ccccc1n3-c1nc(-c2ccccc2)nc(-c2ccccc2)n1. The number of hydrogen-bond acceptors (Lipinski definition) is 7. The summed E-state index contributed by atoms with van der Waals surface area (Å²) in [6.45, 7) is 4.71. The fourth-order valence-electron chi connectivity index (χ4n) is 14.3. The highest BCUT2D eigenvalue weighted by molar-refractivity contribution is 6.21. The number of hydrogen-bond donors (Lipinski definition) is 0. The highest BCUT2D eigenvalue weighted by atomic mass is 16.3. The third-order valence-corrected chi connectivity index (χ3v) is 17.7. The summed E-state index contributed by atoms with van der Waals surface area (Å²) in [7, 11) is 0. The van der Waals surface area contributed by atoms with Crippen molar-refractivity contribution in [1.29, 1.82) is 0 Å². The molecule has 0 radical (unpaired) electrons. The van der Waals surface area contributed by atoms with Crippen LogP contribution in [0.2, 0.25) is 0 Å². The second kappa shape index (κ2) is 15.2. The Morgan fingerprint density at radius 3 is 1.78 bits per heavy atom. The molecule has 0 saturated heterocycles. The van der Waals surface area contributed by atoms with Crippen LogP contribution < -0.4 is 4.90 Å². The fraction of sp³-hybridized carbons (Fsp3) is 0.0563. The molecule has 0 fully saturated rings. The topological polar surface area (TPSA) is 85.8 Å². The molecule has 14 aromatic rings. The van der Waals surface area contributed by atoms with Crippen LogP contribution in [0.15, 0.2) is 217 Å². The Labute approximate surface area is 453 Å². The molecule has 79 heavy (non-hydrogen) atoms. The van der Waals surface area contributed by atoms with Crippen molar-refractivity contribution in [2.45, 2.75) is 24.7 Å². The van der Waals surface area contributed by atoms with Gasteiger partial charge in [0.15, 0.2) is 17.2 Å². The van der Waals surface area contributed by atoms with Crippen LogP contribution >= 0.6 is 0 Å². The van der Waals surface area contributed by atoms with E-state index in [1.54, 1.807) is 0 Å². The maximum absolute atomic E-state index is 7.74. The molecule has 0 bridgehead atoms. The van der Waals surface area contributed by atoms with Crippen molar-refractivity contribution in [3.8, 4) is 51.2 Å². The first-order valence-electron chi connectivity index (χ1n) is 27.0. The summed E-state index contributed by atoms with van der Waals surface area (Å²) in [6.07, 6.45) is 8.30. The number of para-hydroxylation sites is 3. The van der Waals surface area contributed by atoms with Crippen LogP contribution in [0.25, 0.3) is 118 Å². The van der Waals surface area contributed by atoms with E-state index in [1.165, 1.54) is 44.2 Å². The highest BCUT2D eigenvalue weighted by Crippen LogP contribution is 2.64. The van der Waals surface area contributed by atoms with Crippen molar-refractivity contribution in [3.63, 3.8) is 0 Å². The van der Waals surface area contributed by atoms with Crippen molar-refractivity contribution in [2.24, 2.45) is 0 Å². The molecule has 1 aliphatic heterocycles. The van der Waals surface area contributed by atoms with Crippen molar-refractivity contribution in [3.05, 3.63) is 257 Å². The summed E-state index contributed by atoms with van der Waals surface area (Å²) in [5, 5.41) is 6.86. The van der Waals surface area contributed by atoms with E-state index >= 15 is 0 Å². The molecule has 6 heterocycles. The normalized spacial score (nSPS) is 14.6. The largest absolute Gasteiger partial charge is 0.453 e. The average Bonchev–Trinajstić information content (AvgIpc) is 2.65. The maximum Gasteiger partial charge on any atom is 0.238 e. The molecule has 3 aliphatic carbocycles. The summed E-state index contributed by atoms with van der Waals surface area (Å²) in [5.41, 5.74) is 21.2. The average molecular weight is 1010 g/mol. The van der Waals surface area contributed by atoms with E-state index < -0.39 is 5.41 Å². The standard InChI is InChI=1S/C71H43N7O/c1-70(2)49-22-10-12-26-56(49)77(59-39-58-48(38-54(59)70)44-20-9-11-25-55(44)78(58)69-75-67(42-16-5-3-6-17-42)74-68(76-69)43-18-7-4-8-19-43)57-27-13-21-45-46-33-35-51-62(66(46)79-65(45)57)47-32-30-40-28-29-41-31-34-50(61(47)60(40)41)71(51)52-23-14-36-72-63(52)64-53(71)24-15-37-73-64/h3-39H,1-2H3. The first kappa shape index (κ1) is 42.9. The van der Waals surface area contributed by atoms with Gasteiger partial charge in [-0.3, -0.25) is 14.5 Å². The van der Waals surface area contributed by atoms with Crippen LogP contribution in [0.1, 0.15) is 58.4 Å². The molecule has 8 heteroatoms. The van der Waals surface area contributed by atoms with Gasteiger partial charge in [0.1, 0.15) is 5.58 Å². The van der Waals surface area contributed by atoms with Crippen LogP contribution in [0.4, 0.5) is 17.1 Å². The molecule has 8 nitrogen and oxygen atoms in total. The van der Waals surface area contributed by atoms with E-state index in [0.717, 1.165) is 106 Å². The minimum absolute atomic E-state index is 0.386. The van der Waals surface area contributed by atoms with Gasteiger partial charge in [-0.15, -0.1) is 0 Å². The van der Waals surface area contributed by atoms with Crippen molar-refractivity contribution in [2.75, 3.05) is 4.90 Å². The lowest BCUT2D eigenvalue weighted by molar-refractivity contribution is 0.631. The van der Waals surface area contributed by atoms with Gasteiger partial charge >= 0.3 is 0 Å². The molecule has 0 N–H and O–H groups in total. The number of pyridine rings is 2. The van der Waals surface area contributed by atoms with E-state index in [4.69, 9.17) is 29.3 Å². The summed E-state index contributed by atoms with van der Waals surface area (Å²) in [5.74, 6) is 1.76. The van der Waals surface area contributed by atoms with Gasteiger partial charge in [0, 0.05) is 56.0 Å². The number of anilines is 3. The Bertz CT molecular complexity index is 4950. The molecule has 0 saturated carbocycles. The Kier molecular flexibility index (Phi) is 8.25. The number of benzene rings is 9. The lowest BCUT2D eigenvalue weighted by atomic mass is 9.61. The number of nitrogens with zero attached hydrogens (tertiary/aromatic N) is 7. The number of aromatic nitrogens is 6. The second-order valence-corrected chi connectivity index (χ2v) is 21.9. The number of furan rings is 1. The molecule has 1 spiro atoms. The van der Waals surface area contributed by atoms with Crippen LogP contribution in [0.3, 0.4) is 0 Å². The van der Waals surface area contributed by atoms with Crippen molar-refractivity contribution >= 4 is 83.7 Å². The van der Waals surface area contributed by atoms with Crippen LogP contribution in [-0.2, 0) is 10.8 Å². The zero-order valence-electron chi connectivity index (χ0n) is 42.9. The molecular formula is C71H43N7O. The molecule has 9 aromatic carbocycles. The van der Waals surface area contributed by atoms with Gasteiger partial charge in [0.25, 0.3) is 0 Å². The monoisotopic (exact) mass is 1010 g/mol. The van der Waals surface area contributed by atoms with E-state index in [0.29, 0.717) is 17.6 Å². The summed E-state index contributed by atoms with van der Waals surface area (Å²) in [6, 6.07) is 71.9. The molecule has 0 atom stereocenters. The van der Waals surface area contributed by atoms with Gasteiger partial charge in [0.05, 0.1) is 44.9 Å². The van der Waals surface area contributed by atoms with Gasteiger partial charge in [-0.2, -0.15) is 9.97 Å². The van der Waals surface area contributed by atoms with E-state index in [2.05, 4.69) is 199 Å². The zero-order chi connectivity index (χ0) is 51.9. The number of rotatable bonds is 4.